The summed E-state index contributed by atoms with van der Waals surface area (Å²) in [5, 5.41) is 26.0. The van der Waals surface area contributed by atoms with E-state index in [1.165, 1.54) is 31.4 Å². The molecule has 1 amide bonds. The number of carbonyl (C=O) groups is 2. The Kier molecular flexibility index (Phi) is 3.65. The van der Waals surface area contributed by atoms with Gasteiger partial charge in [0.25, 0.3) is 11.6 Å². The molecule has 21 heavy (non-hydrogen) atoms. The van der Waals surface area contributed by atoms with Crippen molar-refractivity contribution in [3.05, 3.63) is 51.8 Å². The van der Waals surface area contributed by atoms with Gasteiger partial charge in [-0.1, -0.05) is 0 Å². The Morgan fingerprint density at radius 1 is 1.38 bits per heavy atom. The van der Waals surface area contributed by atoms with Crippen LogP contribution in [-0.2, 0) is 0 Å². The van der Waals surface area contributed by atoms with Crippen molar-refractivity contribution in [2.45, 2.75) is 0 Å². The fourth-order valence-corrected chi connectivity index (χ4v) is 1.72. The molecule has 2 rings (SSSR count). The summed E-state index contributed by atoms with van der Waals surface area (Å²) in [4.78, 5) is 32.7. The van der Waals surface area contributed by atoms with Crippen molar-refractivity contribution >= 4 is 17.6 Å². The molecule has 9 heteroatoms. The minimum atomic E-state index is -1.24. The van der Waals surface area contributed by atoms with Crippen LogP contribution in [0.25, 0.3) is 5.69 Å². The number of benzene rings is 1. The van der Waals surface area contributed by atoms with Gasteiger partial charge in [-0.05, 0) is 18.2 Å². The van der Waals surface area contributed by atoms with Crippen molar-refractivity contribution in [1.29, 1.82) is 0 Å². The zero-order valence-electron chi connectivity index (χ0n) is 10.8. The number of amides is 1. The quantitative estimate of drug-likeness (QED) is 0.634. The highest BCUT2D eigenvalue weighted by atomic mass is 16.6. The Balaban J connectivity index is 2.54. The summed E-state index contributed by atoms with van der Waals surface area (Å²) >= 11 is 0. The van der Waals surface area contributed by atoms with Crippen LogP contribution in [0.15, 0.2) is 30.5 Å². The predicted molar refractivity (Wildman–Crippen MR) is 70.6 cm³/mol. The molecule has 0 unspecified atom stereocenters. The van der Waals surface area contributed by atoms with E-state index in [1.54, 1.807) is 0 Å². The van der Waals surface area contributed by atoms with Crippen molar-refractivity contribution in [3.8, 4) is 5.69 Å². The lowest BCUT2D eigenvalue weighted by Gasteiger charge is -2.05. The molecule has 2 aromatic rings. The monoisotopic (exact) mass is 290 g/mol. The number of nitro groups is 1. The third-order valence-corrected chi connectivity index (χ3v) is 2.72. The molecule has 0 aliphatic rings. The molecule has 0 bridgehead atoms. The average molecular weight is 290 g/mol. The van der Waals surface area contributed by atoms with E-state index in [0.29, 0.717) is 0 Å². The second-order valence-electron chi connectivity index (χ2n) is 3.99. The number of hydrogen-bond donors (Lipinski definition) is 2. The van der Waals surface area contributed by atoms with Gasteiger partial charge in [0.2, 0.25) is 0 Å². The molecular formula is C12H10N4O5. The van der Waals surface area contributed by atoms with E-state index >= 15 is 0 Å². The van der Waals surface area contributed by atoms with Gasteiger partial charge in [-0.3, -0.25) is 14.9 Å². The summed E-state index contributed by atoms with van der Waals surface area (Å²) in [7, 11) is 1.41. The molecule has 0 radical (unpaired) electrons. The van der Waals surface area contributed by atoms with Crippen LogP contribution in [0, 0.1) is 10.1 Å². The Morgan fingerprint density at radius 2 is 2.10 bits per heavy atom. The van der Waals surface area contributed by atoms with Crippen LogP contribution in [0.4, 0.5) is 5.69 Å². The Bertz CT molecular complexity index is 737. The minimum absolute atomic E-state index is 0.0696. The molecule has 1 heterocycles. The fourth-order valence-electron chi connectivity index (χ4n) is 1.72. The summed E-state index contributed by atoms with van der Waals surface area (Å²) in [5.41, 5.74) is -0.394. The number of carboxylic acid groups (broad SMARTS) is 1. The summed E-state index contributed by atoms with van der Waals surface area (Å²) in [6, 6.07) is 5.06. The largest absolute Gasteiger partial charge is 0.476 e. The van der Waals surface area contributed by atoms with Crippen LogP contribution in [0.3, 0.4) is 0 Å². The SMILES string of the molecule is CNC(=O)c1ccc(-n2ccc(C(=O)O)n2)c([N+](=O)[O-])c1. The molecule has 108 valence electrons. The Labute approximate surface area is 118 Å². The van der Waals surface area contributed by atoms with Crippen LogP contribution in [0.1, 0.15) is 20.8 Å². The number of aromatic nitrogens is 2. The second-order valence-corrected chi connectivity index (χ2v) is 3.99. The molecule has 0 spiro atoms. The molecule has 1 aromatic heterocycles. The maximum atomic E-state index is 11.5. The smallest absolute Gasteiger partial charge is 0.356 e. The standard InChI is InChI=1S/C12H10N4O5/c1-13-11(17)7-2-3-9(10(6-7)16(20)21)15-5-4-8(14-15)12(18)19/h2-6H,1H3,(H,13,17)(H,18,19). The first-order chi connectivity index (χ1) is 9.93. The number of nitrogens with one attached hydrogen (secondary N) is 1. The highest BCUT2D eigenvalue weighted by molar-refractivity contribution is 5.95. The van der Waals surface area contributed by atoms with Gasteiger partial charge < -0.3 is 10.4 Å². The van der Waals surface area contributed by atoms with Gasteiger partial charge in [0.1, 0.15) is 5.69 Å². The van der Waals surface area contributed by atoms with Gasteiger partial charge in [0.05, 0.1) is 4.92 Å². The topological polar surface area (TPSA) is 127 Å². The maximum Gasteiger partial charge on any atom is 0.356 e. The molecule has 9 nitrogen and oxygen atoms in total. The van der Waals surface area contributed by atoms with E-state index in [0.717, 1.165) is 10.7 Å². The van der Waals surface area contributed by atoms with Crippen molar-refractivity contribution in [1.82, 2.24) is 15.1 Å². The van der Waals surface area contributed by atoms with Gasteiger partial charge in [-0.25, -0.2) is 9.48 Å². The van der Waals surface area contributed by atoms with Crippen LogP contribution >= 0.6 is 0 Å². The number of carboxylic acids is 1. The number of nitro benzene ring substituents is 1. The second kappa shape index (κ2) is 5.41. The van der Waals surface area contributed by atoms with Crippen LogP contribution < -0.4 is 5.32 Å². The van der Waals surface area contributed by atoms with Gasteiger partial charge in [0, 0.05) is 24.9 Å². The highest BCUT2D eigenvalue weighted by Gasteiger charge is 2.20. The lowest BCUT2D eigenvalue weighted by atomic mass is 10.1. The van der Waals surface area contributed by atoms with Gasteiger partial charge >= 0.3 is 5.97 Å². The van der Waals surface area contributed by atoms with E-state index in [4.69, 9.17) is 5.11 Å². The number of carbonyl (C=O) groups excluding carboxylic acids is 1. The third-order valence-electron chi connectivity index (χ3n) is 2.72. The molecule has 2 N–H and O–H groups in total. The van der Waals surface area contributed by atoms with Gasteiger partial charge in [-0.2, -0.15) is 5.10 Å². The van der Waals surface area contributed by atoms with E-state index in [9.17, 15) is 19.7 Å². The summed E-state index contributed by atoms with van der Waals surface area (Å²) in [6.07, 6.45) is 1.30. The number of aromatic carboxylic acids is 1. The number of nitrogens with zero attached hydrogens (tertiary/aromatic N) is 3. The zero-order valence-corrected chi connectivity index (χ0v) is 10.8. The first-order valence-electron chi connectivity index (χ1n) is 5.74. The molecule has 0 saturated carbocycles. The minimum Gasteiger partial charge on any atom is -0.476 e. The third kappa shape index (κ3) is 2.71. The first-order valence-corrected chi connectivity index (χ1v) is 5.74. The zero-order chi connectivity index (χ0) is 15.6. The molecule has 1 aromatic carbocycles. The Morgan fingerprint density at radius 3 is 2.62 bits per heavy atom. The van der Waals surface area contributed by atoms with Crippen molar-refractivity contribution < 1.29 is 19.6 Å². The summed E-state index contributed by atoms with van der Waals surface area (Å²) < 4.78 is 1.08. The summed E-state index contributed by atoms with van der Waals surface area (Å²) in [6.45, 7) is 0. The first kappa shape index (κ1) is 14.2. The van der Waals surface area contributed by atoms with Crippen molar-refractivity contribution in [2.75, 3.05) is 7.05 Å². The number of rotatable bonds is 4. The Hall–Kier alpha value is -3.23. The van der Waals surface area contributed by atoms with E-state index < -0.39 is 16.8 Å². The van der Waals surface area contributed by atoms with Crippen LogP contribution in [-0.4, -0.2) is 38.7 Å². The van der Waals surface area contributed by atoms with E-state index in [1.807, 2.05) is 0 Å². The van der Waals surface area contributed by atoms with Crippen LogP contribution in [0.5, 0.6) is 0 Å². The molecule has 0 fully saturated rings. The normalized spacial score (nSPS) is 10.1. The number of hydrogen-bond acceptors (Lipinski definition) is 5. The van der Waals surface area contributed by atoms with Gasteiger partial charge in [-0.15, -0.1) is 0 Å². The van der Waals surface area contributed by atoms with E-state index in [-0.39, 0.29) is 22.6 Å². The molecule has 0 saturated heterocycles. The lowest BCUT2D eigenvalue weighted by Crippen LogP contribution is -2.18. The highest BCUT2D eigenvalue weighted by Crippen LogP contribution is 2.24. The predicted octanol–water partition coefficient (Wildman–Crippen LogP) is 0.838. The lowest BCUT2D eigenvalue weighted by molar-refractivity contribution is -0.384. The molecular weight excluding hydrogens is 280 g/mol. The molecule has 0 atom stereocenters. The van der Waals surface area contributed by atoms with Crippen molar-refractivity contribution in [3.63, 3.8) is 0 Å². The van der Waals surface area contributed by atoms with Crippen LogP contribution in [0.2, 0.25) is 0 Å². The van der Waals surface area contributed by atoms with Crippen molar-refractivity contribution in [2.24, 2.45) is 0 Å². The maximum absolute atomic E-state index is 11.5. The summed E-state index contributed by atoms with van der Waals surface area (Å²) in [5.74, 6) is -1.70. The van der Waals surface area contributed by atoms with Gasteiger partial charge in [0.15, 0.2) is 5.69 Å². The molecule has 0 aliphatic heterocycles. The average Bonchev–Trinajstić information content (AvgIpc) is 2.95. The fraction of sp³-hybridized carbons (Fsp3) is 0.0833. The molecule has 0 aliphatic carbocycles. The van der Waals surface area contributed by atoms with E-state index in [2.05, 4.69) is 10.4 Å².